The molecule has 1 atom stereocenters. The number of nitrogens with one attached hydrogen (secondary N) is 3. The summed E-state index contributed by atoms with van der Waals surface area (Å²) in [6.45, 7) is 10.2. The Morgan fingerprint density at radius 2 is 2.00 bits per heavy atom. The number of carbonyl (C=O) groups is 1. The second kappa shape index (κ2) is 12.0. The molecule has 3 N–H and O–H groups in total. The van der Waals surface area contributed by atoms with Gasteiger partial charge in [-0.15, -0.1) is 0 Å². The van der Waals surface area contributed by atoms with Crippen molar-refractivity contribution in [2.24, 2.45) is 5.92 Å². The molecule has 1 saturated carbocycles. The third kappa shape index (κ3) is 6.79. The second-order valence-electron chi connectivity index (χ2n) is 8.87. The minimum atomic E-state index is -0.416. The number of hydrogen-bond acceptors (Lipinski definition) is 6. The van der Waals surface area contributed by atoms with Crippen LogP contribution in [0.3, 0.4) is 0 Å². The molecule has 1 aromatic carbocycles. The average molecular weight is 473 g/mol. The van der Waals surface area contributed by atoms with Gasteiger partial charge in [-0.25, -0.2) is 9.83 Å². The SMILES string of the molecule is [C-]#[N+]c1ccc(CNC(=O)C(CC2CCCCC2)Nc2cc(-n3ccnc3)nc(NCC)n2)cc1. The smallest absolute Gasteiger partial charge is 0.242 e. The van der Waals surface area contributed by atoms with E-state index in [1.807, 2.05) is 35.9 Å². The summed E-state index contributed by atoms with van der Waals surface area (Å²) in [5.41, 5.74) is 1.55. The van der Waals surface area contributed by atoms with Gasteiger partial charge in [0, 0.05) is 31.5 Å². The first-order chi connectivity index (χ1) is 17.1. The Morgan fingerprint density at radius 3 is 2.69 bits per heavy atom. The van der Waals surface area contributed by atoms with Gasteiger partial charge in [0.25, 0.3) is 0 Å². The lowest BCUT2D eigenvalue weighted by molar-refractivity contribution is -0.122. The highest BCUT2D eigenvalue weighted by Crippen LogP contribution is 2.28. The third-order valence-electron chi connectivity index (χ3n) is 6.28. The predicted molar refractivity (Wildman–Crippen MR) is 136 cm³/mol. The van der Waals surface area contributed by atoms with E-state index in [2.05, 4.69) is 35.7 Å². The first-order valence-corrected chi connectivity index (χ1v) is 12.3. The summed E-state index contributed by atoms with van der Waals surface area (Å²) in [6, 6.07) is 8.72. The quantitative estimate of drug-likeness (QED) is 0.369. The summed E-state index contributed by atoms with van der Waals surface area (Å²) in [4.78, 5) is 30.1. The fraction of sp³-hybridized carbons (Fsp3) is 0.423. The van der Waals surface area contributed by atoms with Gasteiger partial charge in [-0.1, -0.05) is 56.4 Å². The Kier molecular flexibility index (Phi) is 8.28. The van der Waals surface area contributed by atoms with Crippen LogP contribution in [0.4, 0.5) is 17.5 Å². The van der Waals surface area contributed by atoms with Crippen molar-refractivity contribution in [2.45, 2.75) is 58.0 Å². The fourth-order valence-corrected chi connectivity index (χ4v) is 4.44. The van der Waals surface area contributed by atoms with Gasteiger partial charge in [0.2, 0.25) is 11.9 Å². The monoisotopic (exact) mass is 472 g/mol. The number of anilines is 2. The van der Waals surface area contributed by atoms with Gasteiger partial charge in [-0.2, -0.15) is 9.97 Å². The molecular weight excluding hydrogens is 440 g/mol. The van der Waals surface area contributed by atoms with Crippen molar-refractivity contribution >= 4 is 23.4 Å². The van der Waals surface area contributed by atoms with Crippen molar-refractivity contribution in [3.8, 4) is 5.82 Å². The summed E-state index contributed by atoms with van der Waals surface area (Å²) in [6.07, 6.45) is 12.0. The first-order valence-electron chi connectivity index (χ1n) is 12.3. The van der Waals surface area contributed by atoms with Gasteiger partial charge >= 0.3 is 0 Å². The van der Waals surface area contributed by atoms with Crippen LogP contribution in [0.5, 0.6) is 0 Å². The van der Waals surface area contributed by atoms with E-state index in [1.54, 1.807) is 24.7 Å². The Morgan fingerprint density at radius 1 is 1.20 bits per heavy atom. The minimum absolute atomic E-state index is 0.0578. The van der Waals surface area contributed by atoms with Crippen molar-refractivity contribution in [2.75, 3.05) is 17.2 Å². The maximum atomic E-state index is 13.3. The lowest BCUT2D eigenvalue weighted by Gasteiger charge is -2.27. The Balaban J connectivity index is 1.52. The number of nitrogens with zero attached hydrogens (tertiary/aromatic N) is 5. The fourth-order valence-electron chi connectivity index (χ4n) is 4.44. The molecule has 1 aliphatic rings. The summed E-state index contributed by atoms with van der Waals surface area (Å²) in [7, 11) is 0. The van der Waals surface area contributed by atoms with Crippen LogP contribution < -0.4 is 16.0 Å². The molecule has 1 amide bonds. The van der Waals surface area contributed by atoms with Crippen molar-refractivity contribution in [1.82, 2.24) is 24.8 Å². The predicted octanol–water partition coefficient (Wildman–Crippen LogP) is 4.71. The van der Waals surface area contributed by atoms with E-state index in [4.69, 9.17) is 6.57 Å². The lowest BCUT2D eigenvalue weighted by Crippen LogP contribution is -2.41. The summed E-state index contributed by atoms with van der Waals surface area (Å²) in [5.74, 6) is 2.22. The zero-order valence-electron chi connectivity index (χ0n) is 20.1. The van der Waals surface area contributed by atoms with Gasteiger partial charge in [0.05, 0.1) is 6.57 Å². The van der Waals surface area contributed by atoms with E-state index in [0.717, 1.165) is 24.8 Å². The van der Waals surface area contributed by atoms with Crippen LogP contribution in [-0.2, 0) is 11.3 Å². The summed E-state index contributed by atoms with van der Waals surface area (Å²) < 4.78 is 1.82. The Labute approximate surface area is 206 Å². The molecule has 1 aliphatic carbocycles. The summed E-state index contributed by atoms with van der Waals surface area (Å²) >= 11 is 0. The molecule has 0 aliphatic heterocycles. The van der Waals surface area contributed by atoms with Gasteiger partial charge in [0.15, 0.2) is 5.69 Å². The molecule has 0 spiro atoms. The van der Waals surface area contributed by atoms with Crippen molar-refractivity contribution in [3.63, 3.8) is 0 Å². The maximum absolute atomic E-state index is 13.3. The van der Waals surface area contributed by atoms with Crippen LogP contribution in [-0.4, -0.2) is 38.0 Å². The van der Waals surface area contributed by atoms with E-state index >= 15 is 0 Å². The van der Waals surface area contributed by atoms with Crippen molar-refractivity contribution < 1.29 is 4.79 Å². The van der Waals surface area contributed by atoms with Crippen LogP contribution in [0.15, 0.2) is 49.1 Å². The number of imidazole rings is 1. The van der Waals surface area contributed by atoms with Gasteiger partial charge in [-0.05, 0) is 24.8 Å². The molecule has 4 rings (SSSR count). The molecule has 0 saturated heterocycles. The minimum Gasteiger partial charge on any atom is -0.358 e. The molecule has 3 aromatic rings. The van der Waals surface area contributed by atoms with E-state index in [-0.39, 0.29) is 5.91 Å². The number of benzene rings is 1. The molecule has 2 aromatic heterocycles. The largest absolute Gasteiger partial charge is 0.358 e. The molecule has 2 heterocycles. The molecular formula is C26H32N8O. The van der Waals surface area contributed by atoms with Crippen LogP contribution in [0, 0.1) is 12.5 Å². The Bertz CT molecular complexity index is 1130. The van der Waals surface area contributed by atoms with E-state index in [1.165, 1.54) is 19.3 Å². The zero-order valence-corrected chi connectivity index (χ0v) is 20.1. The van der Waals surface area contributed by atoms with Gasteiger partial charge in [0.1, 0.15) is 24.0 Å². The highest BCUT2D eigenvalue weighted by molar-refractivity contribution is 5.84. The first kappa shape index (κ1) is 24.2. The second-order valence-corrected chi connectivity index (χ2v) is 8.87. The number of amides is 1. The normalized spacial score (nSPS) is 14.6. The van der Waals surface area contributed by atoms with Gasteiger partial charge < -0.3 is 16.0 Å². The number of aromatic nitrogens is 4. The highest BCUT2D eigenvalue weighted by atomic mass is 16.2. The average Bonchev–Trinajstić information content (AvgIpc) is 3.43. The third-order valence-corrected chi connectivity index (χ3v) is 6.28. The lowest BCUT2D eigenvalue weighted by atomic mass is 9.84. The molecule has 1 unspecified atom stereocenters. The number of rotatable bonds is 10. The van der Waals surface area contributed by atoms with Crippen molar-refractivity contribution in [3.05, 3.63) is 66.0 Å². The van der Waals surface area contributed by atoms with Crippen LogP contribution in [0.2, 0.25) is 0 Å². The highest BCUT2D eigenvalue weighted by Gasteiger charge is 2.25. The molecule has 1 fully saturated rings. The van der Waals surface area contributed by atoms with Crippen molar-refractivity contribution in [1.29, 1.82) is 0 Å². The standard InChI is InChI=1S/C26H32N8O/c1-3-29-26-32-23(16-24(33-26)34-14-13-28-18-34)31-22(15-19-7-5-4-6-8-19)25(35)30-17-20-9-11-21(27-2)12-10-20/h9-14,16,18-19,22H,3-8,15,17H2,1H3,(H,30,35)(H2,29,31,32,33). The zero-order chi connectivity index (χ0) is 24.5. The topological polar surface area (TPSA) is 101 Å². The van der Waals surface area contributed by atoms with E-state index in [0.29, 0.717) is 42.3 Å². The van der Waals surface area contributed by atoms with Crippen LogP contribution in [0.1, 0.15) is 51.0 Å². The van der Waals surface area contributed by atoms with Crippen LogP contribution in [0.25, 0.3) is 10.7 Å². The van der Waals surface area contributed by atoms with Gasteiger partial charge in [-0.3, -0.25) is 9.36 Å². The molecule has 182 valence electrons. The number of carbonyl (C=O) groups excluding carboxylic acids is 1. The van der Waals surface area contributed by atoms with E-state index in [9.17, 15) is 4.79 Å². The molecule has 0 radical (unpaired) electrons. The molecule has 9 nitrogen and oxygen atoms in total. The molecule has 35 heavy (non-hydrogen) atoms. The number of hydrogen-bond donors (Lipinski definition) is 3. The molecule has 0 bridgehead atoms. The van der Waals surface area contributed by atoms with Crippen LogP contribution >= 0.6 is 0 Å². The Hall–Kier alpha value is -3.93. The molecule has 9 heteroatoms. The van der Waals surface area contributed by atoms with E-state index < -0.39 is 6.04 Å². The maximum Gasteiger partial charge on any atom is 0.242 e. The summed E-state index contributed by atoms with van der Waals surface area (Å²) in [5, 5.41) is 9.65.